The molecule has 0 radical (unpaired) electrons. The average molecular weight is 341 g/mol. The van der Waals surface area contributed by atoms with Gasteiger partial charge >= 0.3 is 0 Å². The predicted octanol–water partition coefficient (Wildman–Crippen LogP) is 3.00. The first-order valence-electron chi connectivity index (χ1n) is 7.28. The molecule has 0 saturated carbocycles. The minimum atomic E-state index is -0.0448. The highest BCUT2D eigenvalue weighted by molar-refractivity contribution is 7.98. The molecule has 4 nitrogen and oxygen atoms in total. The molecule has 0 aromatic heterocycles. The van der Waals surface area contributed by atoms with Crippen molar-refractivity contribution in [2.75, 3.05) is 33.4 Å². The van der Waals surface area contributed by atoms with Crippen LogP contribution in [0.15, 0.2) is 23.1 Å². The fourth-order valence-electron chi connectivity index (χ4n) is 2.66. The van der Waals surface area contributed by atoms with E-state index in [0.29, 0.717) is 36.5 Å². The van der Waals surface area contributed by atoms with Gasteiger partial charge < -0.3 is 9.80 Å². The molecule has 0 N–H and O–H groups in total. The average Bonchev–Trinajstić information content (AvgIpc) is 2.54. The largest absolute Gasteiger partial charge is 0.349 e. The van der Waals surface area contributed by atoms with Crippen molar-refractivity contribution in [3.8, 4) is 0 Å². The van der Waals surface area contributed by atoms with E-state index in [1.807, 2.05) is 18.4 Å². The van der Waals surface area contributed by atoms with Gasteiger partial charge in [0, 0.05) is 38.0 Å². The zero-order chi connectivity index (χ0) is 16.3. The third kappa shape index (κ3) is 3.76. The van der Waals surface area contributed by atoms with Crippen molar-refractivity contribution in [3.05, 3.63) is 28.8 Å². The number of halogens is 1. The maximum Gasteiger partial charge on any atom is 0.255 e. The SMILES string of the molecule is CSc1ccc(Cl)c(C(=O)N2CCC(C(=O)N(C)C)CC2)c1. The van der Waals surface area contributed by atoms with Gasteiger partial charge in [0.25, 0.3) is 5.91 Å². The second kappa shape index (κ2) is 7.38. The molecule has 0 bridgehead atoms. The number of hydrogen-bond donors (Lipinski definition) is 0. The summed E-state index contributed by atoms with van der Waals surface area (Å²) >= 11 is 7.75. The van der Waals surface area contributed by atoms with Gasteiger partial charge in [0.15, 0.2) is 0 Å². The molecule has 22 heavy (non-hydrogen) atoms. The first-order valence-corrected chi connectivity index (χ1v) is 8.88. The van der Waals surface area contributed by atoms with E-state index in [2.05, 4.69) is 0 Å². The summed E-state index contributed by atoms with van der Waals surface area (Å²) in [7, 11) is 3.54. The van der Waals surface area contributed by atoms with Crippen LogP contribution in [0.2, 0.25) is 5.02 Å². The third-order valence-corrected chi connectivity index (χ3v) is 5.03. The summed E-state index contributed by atoms with van der Waals surface area (Å²) in [6.45, 7) is 1.20. The lowest BCUT2D eigenvalue weighted by Gasteiger charge is -2.32. The molecule has 1 aliphatic heterocycles. The standard InChI is InChI=1S/C16H21ClN2O2S/c1-18(2)15(20)11-6-8-19(9-7-11)16(21)13-10-12(22-3)4-5-14(13)17/h4-5,10-11H,6-9H2,1-3H3. The van der Waals surface area contributed by atoms with Crippen LogP contribution in [0.3, 0.4) is 0 Å². The van der Waals surface area contributed by atoms with Crippen LogP contribution in [-0.2, 0) is 4.79 Å². The summed E-state index contributed by atoms with van der Waals surface area (Å²) in [6.07, 6.45) is 3.39. The fourth-order valence-corrected chi connectivity index (χ4v) is 3.30. The molecule has 120 valence electrons. The van der Waals surface area contributed by atoms with Gasteiger partial charge in [0.1, 0.15) is 0 Å². The topological polar surface area (TPSA) is 40.6 Å². The molecule has 2 rings (SSSR count). The van der Waals surface area contributed by atoms with Gasteiger partial charge in [-0.05, 0) is 37.3 Å². The molecular weight excluding hydrogens is 320 g/mol. The monoisotopic (exact) mass is 340 g/mol. The Labute approximate surface area is 140 Å². The van der Waals surface area contributed by atoms with Gasteiger partial charge in [0.2, 0.25) is 5.91 Å². The molecule has 1 aromatic carbocycles. The number of carbonyl (C=O) groups excluding carboxylic acids is 2. The predicted molar refractivity (Wildman–Crippen MR) is 90.6 cm³/mol. The molecule has 1 aromatic rings. The first-order chi connectivity index (χ1) is 10.4. The van der Waals surface area contributed by atoms with Crippen molar-refractivity contribution in [2.45, 2.75) is 17.7 Å². The van der Waals surface area contributed by atoms with E-state index >= 15 is 0 Å². The highest BCUT2D eigenvalue weighted by atomic mass is 35.5. The van der Waals surface area contributed by atoms with Crippen molar-refractivity contribution >= 4 is 35.2 Å². The molecule has 0 unspecified atom stereocenters. The number of thioether (sulfide) groups is 1. The van der Waals surface area contributed by atoms with Gasteiger partial charge in [-0.1, -0.05) is 11.6 Å². The number of rotatable bonds is 3. The van der Waals surface area contributed by atoms with Crippen LogP contribution in [0.1, 0.15) is 23.2 Å². The Morgan fingerprint density at radius 1 is 1.27 bits per heavy atom. The quantitative estimate of drug-likeness (QED) is 0.794. The summed E-state index contributed by atoms with van der Waals surface area (Å²) in [5.74, 6) is 0.123. The molecule has 1 fully saturated rings. The normalized spacial score (nSPS) is 15.7. The maximum atomic E-state index is 12.6. The lowest BCUT2D eigenvalue weighted by Crippen LogP contribution is -2.42. The summed E-state index contributed by atoms with van der Waals surface area (Å²) in [4.78, 5) is 29.1. The van der Waals surface area contributed by atoms with E-state index in [9.17, 15) is 9.59 Å². The van der Waals surface area contributed by atoms with Crippen LogP contribution in [-0.4, -0.2) is 55.1 Å². The van der Waals surface area contributed by atoms with E-state index < -0.39 is 0 Å². The molecule has 0 aliphatic carbocycles. The van der Waals surface area contributed by atoms with Gasteiger partial charge in [-0.3, -0.25) is 9.59 Å². The molecule has 1 aliphatic rings. The Morgan fingerprint density at radius 2 is 1.91 bits per heavy atom. The number of nitrogens with zero attached hydrogens (tertiary/aromatic N) is 2. The Bertz CT molecular complexity index is 569. The van der Waals surface area contributed by atoms with Crippen LogP contribution >= 0.6 is 23.4 Å². The number of likely N-dealkylation sites (tertiary alicyclic amines) is 1. The molecule has 1 heterocycles. The molecule has 1 saturated heterocycles. The Balaban J connectivity index is 2.05. The van der Waals surface area contributed by atoms with Crippen LogP contribution in [0.25, 0.3) is 0 Å². The molecular formula is C16H21ClN2O2S. The smallest absolute Gasteiger partial charge is 0.255 e. The first kappa shape index (κ1) is 17.2. The molecule has 6 heteroatoms. The number of hydrogen-bond acceptors (Lipinski definition) is 3. The van der Waals surface area contributed by atoms with E-state index in [0.717, 1.165) is 4.90 Å². The summed E-state index contributed by atoms with van der Waals surface area (Å²) in [5, 5.41) is 0.481. The van der Waals surface area contributed by atoms with Crippen LogP contribution < -0.4 is 0 Å². The Kier molecular flexibility index (Phi) is 5.75. The molecule has 2 amide bonds. The van der Waals surface area contributed by atoms with Crippen molar-refractivity contribution in [3.63, 3.8) is 0 Å². The maximum absolute atomic E-state index is 12.6. The van der Waals surface area contributed by atoms with E-state index in [4.69, 9.17) is 11.6 Å². The molecule has 0 spiro atoms. The second-order valence-electron chi connectivity index (χ2n) is 5.64. The lowest BCUT2D eigenvalue weighted by molar-refractivity contribution is -0.134. The number of carbonyl (C=O) groups is 2. The van der Waals surface area contributed by atoms with Crippen LogP contribution in [0, 0.1) is 5.92 Å². The van der Waals surface area contributed by atoms with Crippen molar-refractivity contribution < 1.29 is 9.59 Å². The van der Waals surface area contributed by atoms with Gasteiger partial charge in [-0.15, -0.1) is 11.8 Å². The van der Waals surface area contributed by atoms with Gasteiger partial charge in [-0.25, -0.2) is 0 Å². The lowest BCUT2D eigenvalue weighted by atomic mass is 9.95. The highest BCUT2D eigenvalue weighted by Gasteiger charge is 2.29. The number of benzene rings is 1. The zero-order valence-corrected chi connectivity index (χ0v) is 14.7. The van der Waals surface area contributed by atoms with Crippen LogP contribution in [0.4, 0.5) is 0 Å². The van der Waals surface area contributed by atoms with Crippen molar-refractivity contribution in [2.24, 2.45) is 5.92 Å². The zero-order valence-electron chi connectivity index (χ0n) is 13.1. The Morgan fingerprint density at radius 3 is 2.45 bits per heavy atom. The second-order valence-corrected chi connectivity index (χ2v) is 6.93. The van der Waals surface area contributed by atoms with Crippen molar-refractivity contribution in [1.82, 2.24) is 9.80 Å². The minimum Gasteiger partial charge on any atom is -0.349 e. The highest BCUT2D eigenvalue weighted by Crippen LogP contribution is 2.26. The van der Waals surface area contributed by atoms with E-state index in [1.165, 1.54) is 0 Å². The Hall–Kier alpha value is -1.20. The van der Waals surface area contributed by atoms with Gasteiger partial charge in [-0.2, -0.15) is 0 Å². The van der Waals surface area contributed by atoms with Crippen LogP contribution in [0.5, 0.6) is 0 Å². The number of piperidine rings is 1. The van der Waals surface area contributed by atoms with Crippen molar-refractivity contribution in [1.29, 1.82) is 0 Å². The van der Waals surface area contributed by atoms with Gasteiger partial charge in [0.05, 0.1) is 10.6 Å². The molecule has 0 atom stereocenters. The fraction of sp³-hybridized carbons (Fsp3) is 0.500. The summed E-state index contributed by atoms with van der Waals surface area (Å²) in [5.41, 5.74) is 0.547. The minimum absolute atomic E-state index is 0.0204. The van der Waals surface area contributed by atoms with E-state index in [1.54, 1.807) is 41.7 Å². The summed E-state index contributed by atoms with van der Waals surface area (Å²) in [6, 6.07) is 5.51. The summed E-state index contributed by atoms with van der Waals surface area (Å²) < 4.78 is 0. The van der Waals surface area contributed by atoms with E-state index in [-0.39, 0.29) is 17.7 Å². The third-order valence-electron chi connectivity index (χ3n) is 3.98. The number of amides is 2.